The van der Waals surface area contributed by atoms with Gasteiger partial charge < -0.3 is 10.1 Å². The van der Waals surface area contributed by atoms with Gasteiger partial charge >= 0.3 is 12.1 Å². The van der Waals surface area contributed by atoms with Gasteiger partial charge in [-0.1, -0.05) is 6.42 Å². The Morgan fingerprint density at radius 1 is 1.44 bits per heavy atom. The number of hydrogen-bond donors (Lipinski definition) is 1. The molecule has 1 aliphatic rings. The van der Waals surface area contributed by atoms with Gasteiger partial charge in [-0.15, -0.1) is 0 Å². The van der Waals surface area contributed by atoms with E-state index >= 15 is 0 Å². The van der Waals surface area contributed by atoms with Crippen LogP contribution in [0.3, 0.4) is 0 Å². The number of carbonyl (C=O) groups excluding carboxylic acids is 2. The highest BCUT2D eigenvalue weighted by molar-refractivity contribution is 5.72. The van der Waals surface area contributed by atoms with E-state index in [0.717, 1.165) is 19.3 Å². The Bertz CT molecular complexity index is 259. The Balaban J connectivity index is 2.33. The molecule has 1 aliphatic carbocycles. The van der Waals surface area contributed by atoms with Crippen molar-refractivity contribution in [3.8, 4) is 0 Å². The SMILES string of the molecule is COC(=O)C1CCCC(CNC(=O)OF)C1. The molecule has 0 bridgehead atoms. The lowest BCUT2D eigenvalue weighted by Gasteiger charge is -2.27. The van der Waals surface area contributed by atoms with Gasteiger partial charge in [0.25, 0.3) is 0 Å². The van der Waals surface area contributed by atoms with Gasteiger partial charge in [-0.3, -0.25) is 4.79 Å². The highest BCUT2D eigenvalue weighted by Gasteiger charge is 2.28. The van der Waals surface area contributed by atoms with Crippen LogP contribution in [0.5, 0.6) is 0 Å². The van der Waals surface area contributed by atoms with Crippen molar-refractivity contribution in [2.75, 3.05) is 13.7 Å². The number of esters is 1. The third-order valence-electron chi connectivity index (χ3n) is 2.92. The van der Waals surface area contributed by atoms with Crippen LogP contribution >= 0.6 is 0 Å². The number of halogens is 1. The van der Waals surface area contributed by atoms with E-state index < -0.39 is 6.09 Å². The molecule has 1 amide bonds. The van der Waals surface area contributed by atoms with Crippen molar-refractivity contribution in [1.82, 2.24) is 5.32 Å². The van der Waals surface area contributed by atoms with Crippen LogP contribution in [0, 0.1) is 11.8 Å². The van der Waals surface area contributed by atoms with Gasteiger partial charge in [-0.2, -0.15) is 0 Å². The predicted molar refractivity (Wildman–Crippen MR) is 53.1 cm³/mol. The minimum absolute atomic E-state index is 0.105. The third-order valence-corrected chi connectivity index (χ3v) is 2.92. The van der Waals surface area contributed by atoms with Gasteiger partial charge in [0, 0.05) is 11.1 Å². The van der Waals surface area contributed by atoms with E-state index in [1.54, 1.807) is 0 Å². The molecule has 0 saturated heterocycles. The van der Waals surface area contributed by atoms with Crippen molar-refractivity contribution < 1.29 is 23.8 Å². The molecule has 0 aliphatic heterocycles. The summed E-state index contributed by atoms with van der Waals surface area (Å²) in [5, 5.41) is 2.29. The lowest BCUT2D eigenvalue weighted by atomic mass is 9.81. The monoisotopic (exact) mass is 233 g/mol. The molecular weight excluding hydrogens is 217 g/mol. The van der Waals surface area contributed by atoms with Gasteiger partial charge in [-0.05, 0) is 25.2 Å². The molecule has 1 saturated carbocycles. The van der Waals surface area contributed by atoms with E-state index in [1.165, 1.54) is 7.11 Å². The maximum atomic E-state index is 11.4. The number of hydrogen-bond acceptors (Lipinski definition) is 4. The molecule has 0 spiro atoms. The smallest absolute Gasteiger partial charge is 0.444 e. The first-order valence-electron chi connectivity index (χ1n) is 5.31. The van der Waals surface area contributed by atoms with E-state index in [9.17, 15) is 14.1 Å². The Kier molecular flexibility index (Phi) is 5.01. The highest BCUT2D eigenvalue weighted by Crippen LogP contribution is 2.29. The molecular formula is C10H16FNO4. The zero-order valence-electron chi connectivity index (χ0n) is 9.20. The summed E-state index contributed by atoms with van der Waals surface area (Å²) in [7, 11) is 1.37. The fraction of sp³-hybridized carbons (Fsp3) is 0.800. The van der Waals surface area contributed by atoms with Crippen LogP contribution in [-0.4, -0.2) is 25.7 Å². The largest absolute Gasteiger partial charge is 0.469 e. The van der Waals surface area contributed by atoms with E-state index in [1.807, 2.05) is 0 Å². The number of nitrogens with one attached hydrogen (secondary N) is 1. The first kappa shape index (κ1) is 12.7. The van der Waals surface area contributed by atoms with E-state index in [0.29, 0.717) is 13.0 Å². The van der Waals surface area contributed by atoms with Crippen LogP contribution in [0.1, 0.15) is 25.7 Å². The second kappa shape index (κ2) is 6.30. The molecule has 0 aromatic heterocycles. The van der Waals surface area contributed by atoms with Crippen LogP contribution in [0.2, 0.25) is 0 Å². The lowest BCUT2D eigenvalue weighted by Crippen LogP contribution is -2.33. The minimum atomic E-state index is -1.08. The molecule has 0 radical (unpaired) electrons. The van der Waals surface area contributed by atoms with Crippen LogP contribution in [0.15, 0.2) is 0 Å². The van der Waals surface area contributed by atoms with Crippen molar-refractivity contribution >= 4 is 12.1 Å². The Hall–Kier alpha value is -1.33. The third kappa shape index (κ3) is 3.67. The summed E-state index contributed by atoms with van der Waals surface area (Å²) in [5.41, 5.74) is 0. The molecule has 16 heavy (non-hydrogen) atoms. The second-order valence-electron chi connectivity index (χ2n) is 4.00. The Morgan fingerprint density at radius 2 is 2.19 bits per heavy atom. The van der Waals surface area contributed by atoms with Gasteiger partial charge in [-0.25, -0.2) is 9.74 Å². The molecule has 92 valence electrons. The molecule has 1 N–H and O–H groups in total. The van der Waals surface area contributed by atoms with Crippen LogP contribution < -0.4 is 5.32 Å². The second-order valence-corrected chi connectivity index (χ2v) is 4.00. The van der Waals surface area contributed by atoms with Crippen molar-refractivity contribution in [2.45, 2.75) is 25.7 Å². The minimum Gasteiger partial charge on any atom is -0.469 e. The normalized spacial score (nSPS) is 24.6. The molecule has 1 fully saturated rings. The molecule has 2 atom stereocenters. The molecule has 1 rings (SSSR count). The number of ether oxygens (including phenoxy) is 1. The summed E-state index contributed by atoms with van der Waals surface area (Å²) in [6, 6.07) is 0. The summed E-state index contributed by atoms with van der Waals surface area (Å²) in [6.45, 7) is 0.330. The number of rotatable bonds is 3. The van der Waals surface area contributed by atoms with Crippen LogP contribution in [0.4, 0.5) is 9.32 Å². The van der Waals surface area contributed by atoms with Gasteiger partial charge in [0.2, 0.25) is 0 Å². The molecule has 0 aromatic rings. The first-order chi connectivity index (χ1) is 7.67. The summed E-state index contributed by atoms with van der Waals surface area (Å²) >= 11 is 0. The molecule has 2 unspecified atom stereocenters. The number of amides is 1. The zero-order chi connectivity index (χ0) is 12.0. The van der Waals surface area contributed by atoms with Crippen molar-refractivity contribution in [1.29, 1.82) is 0 Å². The van der Waals surface area contributed by atoms with Crippen molar-refractivity contribution in [2.24, 2.45) is 11.8 Å². The summed E-state index contributed by atoms with van der Waals surface area (Å²) in [6.07, 6.45) is 2.23. The number of carbonyl (C=O) groups is 2. The summed E-state index contributed by atoms with van der Waals surface area (Å²) in [4.78, 5) is 24.8. The van der Waals surface area contributed by atoms with Gasteiger partial charge in [0.1, 0.15) is 0 Å². The Labute approximate surface area is 93.2 Å². The lowest BCUT2D eigenvalue weighted by molar-refractivity contribution is -0.147. The summed E-state index contributed by atoms with van der Waals surface area (Å²) < 4.78 is 16.1. The van der Waals surface area contributed by atoms with Crippen LogP contribution in [0.25, 0.3) is 0 Å². The maximum absolute atomic E-state index is 11.4. The van der Waals surface area contributed by atoms with E-state index in [2.05, 4.69) is 15.0 Å². The fourth-order valence-corrected chi connectivity index (χ4v) is 2.11. The Morgan fingerprint density at radius 3 is 2.81 bits per heavy atom. The van der Waals surface area contributed by atoms with Crippen LogP contribution in [-0.2, 0) is 14.5 Å². The topological polar surface area (TPSA) is 64.6 Å². The summed E-state index contributed by atoms with van der Waals surface area (Å²) in [5.74, 6) is -0.137. The maximum Gasteiger partial charge on any atom is 0.444 e. The van der Waals surface area contributed by atoms with E-state index in [-0.39, 0.29) is 17.8 Å². The number of methoxy groups -OCH3 is 1. The average Bonchev–Trinajstić information content (AvgIpc) is 2.35. The standard InChI is InChI=1S/C10H16FNO4/c1-15-9(13)8-4-2-3-7(5-8)6-12-10(14)16-11/h7-8H,2-6H2,1H3,(H,12,14). The average molecular weight is 233 g/mol. The van der Waals surface area contributed by atoms with Gasteiger partial charge in [0.05, 0.1) is 13.0 Å². The molecule has 0 aromatic carbocycles. The van der Waals surface area contributed by atoms with E-state index in [4.69, 9.17) is 0 Å². The first-order valence-corrected chi connectivity index (χ1v) is 5.31. The zero-order valence-corrected chi connectivity index (χ0v) is 9.20. The molecule has 0 heterocycles. The van der Waals surface area contributed by atoms with Gasteiger partial charge in [0.15, 0.2) is 0 Å². The van der Waals surface area contributed by atoms with Crippen molar-refractivity contribution in [3.05, 3.63) is 0 Å². The molecule has 5 nitrogen and oxygen atoms in total. The van der Waals surface area contributed by atoms with Crippen molar-refractivity contribution in [3.63, 3.8) is 0 Å². The predicted octanol–water partition coefficient (Wildman–Crippen LogP) is 1.58. The molecule has 6 heteroatoms. The fourth-order valence-electron chi connectivity index (χ4n) is 2.11. The quantitative estimate of drug-likeness (QED) is 0.751. The highest BCUT2D eigenvalue weighted by atomic mass is 19.3.